The minimum absolute atomic E-state index is 0.0389. The Morgan fingerprint density at radius 2 is 1.83 bits per heavy atom. The molecule has 2 heterocycles. The van der Waals surface area contributed by atoms with E-state index in [1.165, 1.54) is 12.4 Å². The third-order valence-electron chi connectivity index (χ3n) is 2.02. The van der Waals surface area contributed by atoms with Gasteiger partial charge in [0, 0.05) is 0 Å². The minimum atomic E-state index is -4.45. The Balaban J connectivity index is 2.22. The van der Waals surface area contributed by atoms with Crippen molar-refractivity contribution < 1.29 is 13.2 Å². The first kappa shape index (κ1) is 12.2. The molecule has 0 unspecified atom stereocenters. The van der Waals surface area contributed by atoms with Gasteiger partial charge < -0.3 is 5.32 Å². The fourth-order valence-electron chi connectivity index (χ4n) is 1.17. The highest BCUT2D eigenvalue weighted by Crippen LogP contribution is 2.29. The molecule has 0 fully saturated rings. The van der Waals surface area contributed by atoms with Gasteiger partial charge in [-0.1, -0.05) is 0 Å². The molecule has 0 bridgehead atoms. The van der Waals surface area contributed by atoms with Gasteiger partial charge in [-0.15, -0.1) is 5.10 Å². The van der Waals surface area contributed by atoms with E-state index in [2.05, 4.69) is 25.5 Å². The number of rotatable bonds is 2. The summed E-state index contributed by atoms with van der Waals surface area (Å²) in [7, 11) is 0. The average Bonchev–Trinajstić information content (AvgIpc) is 2.31. The topological polar surface area (TPSA) is 63.6 Å². The molecule has 0 saturated carbocycles. The molecular formula is C10H8F3N5. The molecule has 8 heteroatoms. The summed E-state index contributed by atoms with van der Waals surface area (Å²) >= 11 is 0. The van der Waals surface area contributed by atoms with Gasteiger partial charge in [0.05, 0.1) is 29.8 Å². The van der Waals surface area contributed by atoms with Crippen LogP contribution in [0.4, 0.5) is 24.8 Å². The molecule has 2 aromatic rings. The van der Waals surface area contributed by atoms with Crippen molar-refractivity contribution in [2.75, 3.05) is 5.32 Å². The third kappa shape index (κ3) is 2.90. The average molecular weight is 255 g/mol. The monoisotopic (exact) mass is 255 g/mol. The molecule has 2 aromatic heterocycles. The number of nitrogens with zero attached hydrogens (tertiary/aromatic N) is 4. The molecule has 0 radical (unpaired) electrons. The first-order valence-electron chi connectivity index (χ1n) is 4.91. The van der Waals surface area contributed by atoms with Gasteiger partial charge in [0.25, 0.3) is 0 Å². The Morgan fingerprint density at radius 1 is 1.06 bits per heavy atom. The Kier molecular flexibility index (Phi) is 3.09. The van der Waals surface area contributed by atoms with Gasteiger partial charge in [0.1, 0.15) is 5.82 Å². The molecule has 0 saturated heterocycles. The van der Waals surface area contributed by atoms with Gasteiger partial charge in [-0.2, -0.15) is 18.3 Å². The summed E-state index contributed by atoms with van der Waals surface area (Å²) in [6.45, 7) is 1.75. The van der Waals surface area contributed by atoms with Crippen molar-refractivity contribution in [3.8, 4) is 0 Å². The van der Waals surface area contributed by atoms with E-state index in [9.17, 15) is 13.2 Å². The molecule has 1 N–H and O–H groups in total. The van der Waals surface area contributed by atoms with Crippen LogP contribution in [0.3, 0.4) is 0 Å². The maximum absolute atomic E-state index is 12.4. The Labute approximate surface area is 100 Å². The van der Waals surface area contributed by atoms with Crippen molar-refractivity contribution in [2.24, 2.45) is 0 Å². The van der Waals surface area contributed by atoms with Gasteiger partial charge in [0.15, 0.2) is 5.82 Å². The lowest BCUT2D eigenvalue weighted by Gasteiger charge is -2.08. The molecule has 2 rings (SSSR count). The second kappa shape index (κ2) is 4.55. The fraction of sp³-hybridized carbons (Fsp3) is 0.200. The Morgan fingerprint density at radius 3 is 2.44 bits per heavy atom. The summed E-state index contributed by atoms with van der Waals surface area (Å²) < 4.78 is 37.3. The van der Waals surface area contributed by atoms with Crippen LogP contribution in [-0.4, -0.2) is 20.2 Å². The van der Waals surface area contributed by atoms with Crippen LogP contribution in [-0.2, 0) is 6.18 Å². The number of alkyl halides is 3. The summed E-state index contributed by atoms with van der Waals surface area (Å²) in [5.41, 5.74) is -0.171. The van der Waals surface area contributed by atoms with Crippen molar-refractivity contribution in [1.82, 2.24) is 20.2 Å². The van der Waals surface area contributed by atoms with Crippen molar-refractivity contribution in [1.29, 1.82) is 0 Å². The van der Waals surface area contributed by atoms with Crippen LogP contribution >= 0.6 is 0 Å². The normalized spacial score (nSPS) is 11.3. The van der Waals surface area contributed by atoms with Crippen molar-refractivity contribution in [3.05, 3.63) is 35.9 Å². The van der Waals surface area contributed by atoms with Crippen LogP contribution < -0.4 is 5.32 Å². The first-order chi connectivity index (χ1) is 8.45. The lowest BCUT2D eigenvalue weighted by atomic mass is 10.3. The lowest BCUT2D eigenvalue weighted by Crippen LogP contribution is -2.08. The molecule has 0 aliphatic heterocycles. The van der Waals surface area contributed by atoms with Crippen LogP contribution in [0, 0.1) is 6.92 Å². The van der Waals surface area contributed by atoms with E-state index < -0.39 is 11.7 Å². The maximum Gasteiger partial charge on any atom is 0.418 e. The van der Waals surface area contributed by atoms with Gasteiger partial charge in [-0.3, -0.25) is 4.98 Å². The lowest BCUT2D eigenvalue weighted by molar-refractivity contribution is -0.137. The van der Waals surface area contributed by atoms with Crippen LogP contribution in [0.25, 0.3) is 0 Å². The maximum atomic E-state index is 12.4. The molecule has 5 nitrogen and oxygen atoms in total. The SMILES string of the molecule is Cc1cnc(Nc2cc(C(F)(F)F)cnn2)cn1. The number of aryl methyl sites for hydroxylation is 1. The smallest absolute Gasteiger partial charge is 0.322 e. The zero-order valence-corrected chi connectivity index (χ0v) is 9.23. The van der Waals surface area contributed by atoms with Crippen LogP contribution in [0.2, 0.25) is 0 Å². The predicted octanol–water partition coefficient (Wildman–Crippen LogP) is 2.34. The Bertz CT molecular complexity index is 538. The van der Waals surface area contributed by atoms with E-state index in [4.69, 9.17) is 0 Å². The highest BCUT2D eigenvalue weighted by atomic mass is 19.4. The summed E-state index contributed by atoms with van der Waals surface area (Å²) in [4.78, 5) is 7.89. The van der Waals surface area contributed by atoms with Crippen molar-refractivity contribution >= 4 is 11.6 Å². The molecule has 0 aliphatic rings. The highest BCUT2D eigenvalue weighted by molar-refractivity contribution is 5.50. The van der Waals surface area contributed by atoms with E-state index in [-0.39, 0.29) is 5.82 Å². The van der Waals surface area contributed by atoms with E-state index in [0.29, 0.717) is 17.7 Å². The Hall–Kier alpha value is -2.25. The summed E-state index contributed by atoms with van der Waals surface area (Å²) in [6, 6.07) is 0.856. The molecule has 0 amide bonds. The van der Waals surface area contributed by atoms with Crippen LogP contribution in [0.5, 0.6) is 0 Å². The summed E-state index contributed by atoms with van der Waals surface area (Å²) in [6.07, 6.45) is -0.905. The standard InChI is InChI=1S/C10H8F3N5/c1-6-3-15-9(5-14-6)17-8-2-7(4-16-18-8)10(11,12)13/h2-5H,1H3,(H,15,17,18). The summed E-state index contributed by atoms with van der Waals surface area (Å²) in [5, 5.41) is 9.42. The second-order valence-corrected chi connectivity index (χ2v) is 3.50. The molecule has 0 atom stereocenters. The van der Waals surface area contributed by atoms with Crippen molar-refractivity contribution in [3.63, 3.8) is 0 Å². The zero-order valence-electron chi connectivity index (χ0n) is 9.23. The van der Waals surface area contributed by atoms with Crippen LogP contribution in [0.1, 0.15) is 11.3 Å². The minimum Gasteiger partial charge on any atom is -0.322 e. The van der Waals surface area contributed by atoms with Crippen molar-refractivity contribution in [2.45, 2.75) is 13.1 Å². The van der Waals surface area contributed by atoms with Crippen LogP contribution in [0.15, 0.2) is 24.7 Å². The number of hydrogen-bond acceptors (Lipinski definition) is 5. The van der Waals surface area contributed by atoms with E-state index in [1.807, 2.05) is 0 Å². The number of anilines is 2. The molecule has 94 valence electrons. The molecule has 18 heavy (non-hydrogen) atoms. The van der Waals surface area contributed by atoms with E-state index in [1.54, 1.807) is 6.92 Å². The second-order valence-electron chi connectivity index (χ2n) is 3.50. The number of halogens is 3. The molecule has 0 aliphatic carbocycles. The predicted molar refractivity (Wildman–Crippen MR) is 57.1 cm³/mol. The zero-order chi connectivity index (χ0) is 13.2. The number of hydrogen-bond donors (Lipinski definition) is 1. The fourth-order valence-corrected chi connectivity index (χ4v) is 1.17. The van der Waals surface area contributed by atoms with Gasteiger partial charge in [-0.05, 0) is 13.0 Å². The number of aromatic nitrogens is 4. The summed E-state index contributed by atoms with van der Waals surface area (Å²) in [5.74, 6) is 0.261. The first-order valence-corrected chi connectivity index (χ1v) is 4.91. The molecule has 0 aromatic carbocycles. The quantitative estimate of drug-likeness (QED) is 0.892. The van der Waals surface area contributed by atoms with Gasteiger partial charge >= 0.3 is 6.18 Å². The number of nitrogens with one attached hydrogen (secondary N) is 1. The highest BCUT2D eigenvalue weighted by Gasteiger charge is 2.31. The van der Waals surface area contributed by atoms with E-state index in [0.717, 1.165) is 6.07 Å². The largest absolute Gasteiger partial charge is 0.418 e. The molecular weight excluding hydrogens is 247 g/mol. The van der Waals surface area contributed by atoms with Gasteiger partial charge in [-0.25, -0.2) is 4.98 Å². The molecule has 0 spiro atoms. The third-order valence-corrected chi connectivity index (χ3v) is 2.02. The van der Waals surface area contributed by atoms with E-state index >= 15 is 0 Å². The van der Waals surface area contributed by atoms with Gasteiger partial charge in [0.2, 0.25) is 0 Å².